The number of carbonyl (C=O) groups is 2. The Morgan fingerprint density at radius 2 is 1.89 bits per heavy atom. The van der Waals surface area contributed by atoms with Gasteiger partial charge in [-0.05, 0) is 68.6 Å². The normalized spacial score (nSPS) is 15.1. The first-order valence-corrected chi connectivity index (χ1v) is 8.94. The lowest BCUT2D eigenvalue weighted by Crippen LogP contribution is -2.16. The van der Waals surface area contributed by atoms with E-state index in [-0.39, 0.29) is 36.6 Å². The topological polar surface area (TPSA) is 83.1 Å². The molecule has 1 aromatic carbocycles. The molecule has 152 valence electrons. The van der Waals surface area contributed by atoms with E-state index < -0.39 is 0 Å². The Labute approximate surface area is 177 Å². The van der Waals surface area contributed by atoms with Crippen molar-refractivity contribution < 1.29 is 9.59 Å². The van der Waals surface area contributed by atoms with Crippen LogP contribution in [-0.4, -0.2) is 29.9 Å². The maximum absolute atomic E-state index is 12.3. The predicted molar refractivity (Wildman–Crippen MR) is 117 cm³/mol. The van der Waals surface area contributed by atoms with Crippen LogP contribution in [0.4, 0.5) is 11.4 Å². The number of aryl methyl sites for hydroxylation is 1. The predicted octanol–water partition coefficient (Wildman–Crippen LogP) is 3.81. The van der Waals surface area contributed by atoms with E-state index in [1.54, 1.807) is 30.6 Å². The molecule has 1 saturated heterocycles. The van der Waals surface area contributed by atoms with Gasteiger partial charge in [-0.15, -0.1) is 24.8 Å². The summed E-state index contributed by atoms with van der Waals surface area (Å²) in [6, 6.07) is 8.86. The Hall–Kier alpha value is -2.15. The maximum Gasteiger partial charge on any atom is 0.255 e. The van der Waals surface area contributed by atoms with Gasteiger partial charge in [0.15, 0.2) is 0 Å². The number of nitrogens with one attached hydrogen (secondary N) is 3. The van der Waals surface area contributed by atoms with Crippen LogP contribution in [0.15, 0.2) is 42.7 Å². The summed E-state index contributed by atoms with van der Waals surface area (Å²) >= 11 is 0. The SMILES string of the molecule is Cc1ccc(NC(=O)CCC2CCNC2)cc1NC(=O)c1ccncc1.Cl.Cl. The minimum absolute atomic E-state index is 0. The van der Waals surface area contributed by atoms with Gasteiger partial charge in [0, 0.05) is 35.8 Å². The molecule has 0 aliphatic carbocycles. The summed E-state index contributed by atoms with van der Waals surface area (Å²) in [5.41, 5.74) is 2.85. The van der Waals surface area contributed by atoms with E-state index in [1.807, 2.05) is 19.1 Å². The molecule has 2 amide bonds. The largest absolute Gasteiger partial charge is 0.326 e. The third-order valence-electron chi connectivity index (χ3n) is 4.65. The number of nitrogens with zero attached hydrogens (tertiary/aromatic N) is 1. The summed E-state index contributed by atoms with van der Waals surface area (Å²) in [5.74, 6) is 0.397. The number of anilines is 2. The molecule has 2 aromatic rings. The average Bonchev–Trinajstić information content (AvgIpc) is 3.17. The molecule has 6 nitrogen and oxygen atoms in total. The molecule has 1 aliphatic heterocycles. The first-order valence-electron chi connectivity index (χ1n) is 8.94. The van der Waals surface area contributed by atoms with Gasteiger partial charge >= 0.3 is 0 Å². The first kappa shape index (κ1) is 23.9. The van der Waals surface area contributed by atoms with E-state index in [0.717, 1.165) is 31.5 Å². The Morgan fingerprint density at radius 3 is 2.57 bits per heavy atom. The fourth-order valence-electron chi connectivity index (χ4n) is 3.05. The van der Waals surface area contributed by atoms with Gasteiger partial charge in [-0.25, -0.2) is 0 Å². The van der Waals surface area contributed by atoms with Gasteiger partial charge in [0.1, 0.15) is 0 Å². The van der Waals surface area contributed by atoms with Gasteiger partial charge < -0.3 is 16.0 Å². The molecule has 0 spiro atoms. The first-order chi connectivity index (χ1) is 12.6. The quantitative estimate of drug-likeness (QED) is 0.657. The van der Waals surface area contributed by atoms with Crippen LogP contribution in [0.5, 0.6) is 0 Å². The van der Waals surface area contributed by atoms with Crippen molar-refractivity contribution in [2.24, 2.45) is 5.92 Å². The van der Waals surface area contributed by atoms with Crippen LogP contribution < -0.4 is 16.0 Å². The summed E-state index contributed by atoms with van der Waals surface area (Å²) in [7, 11) is 0. The Bertz CT molecular complexity index is 781. The van der Waals surface area contributed by atoms with Crippen molar-refractivity contribution in [3.8, 4) is 0 Å². The van der Waals surface area contributed by atoms with E-state index in [1.165, 1.54) is 0 Å². The van der Waals surface area contributed by atoms with Gasteiger partial charge in [0.05, 0.1) is 0 Å². The number of halogens is 2. The van der Waals surface area contributed by atoms with Gasteiger partial charge in [-0.3, -0.25) is 14.6 Å². The summed E-state index contributed by atoms with van der Waals surface area (Å²) in [4.78, 5) is 28.4. The summed E-state index contributed by atoms with van der Waals surface area (Å²) in [6.07, 6.45) is 5.72. The summed E-state index contributed by atoms with van der Waals surface area (Å²) < 4.78 is 0. The Balaban J connectivity index is 0.00000196. The lowest BCUT2D eigenvalue weighted by molar-refractivity contribution is -0.116. The number of carbonyl (C=O) groups excluding carboxylic acids is 2. The maximum atomic E-state index is 12.3. The smallest absolute Gasteiger partial charge is 0.255 e. The second-order valence-electron chi connectivity index (χ2n) is 6.67. The Morgan fingerprint density at radius 1 is 1.14 bits per heavy atom. The minimum Gasteiger partial charge on any atom is -0.326 e. The zero-order chi connectivity index (χ0) is 18.4. The number of amides is 2. The third kappa shape index (κ3) is 6.78. The van der Waals surface area contributed by atoms with Gasteiger partial charge in [0.2, 0.25) is 5.91 Å². The molecular weight excluding hydrogens is 399 g/mol. The number of benzene rings is 1. The highest BCUT2D eigenvalue weighted by Gasteiger charge is 2.16. The van der Waals surface area contributed by atoms with Crippen molar-refractivity contribution in [1.29, 1.82) is 0 Å². The fraction of sp³-hybridized carbons (Fsp3) is 0.350. The molecule has 1 unspecified atom stereocenters. The lowest BCUT2D eigenvalue weighted by atomic mass is 10.0. The number of aromatic nitrogens is 1. The monoisotopic (exact) mass is 424 g/mol. The van der Waals surface area contributed by atoms with E-state index in [2.05, 4.69) is 20.9 Å². The van der Waals surface area contributed by atoms with Crippen molar-refractivity contribution in [2.45, 2.75) is 26.2 Å². The second kappa shape index (κ2) is 11.6. The van der Waals surface area contributed by atoms with Gasteiger partial charge in [-0.1, -0.05) is 6.07 Å². The van der Waals surface area contributed by atoms with Crippen LogP contribution >= 0.6 is 24.8 Å². The van der Waals surface area contributed by atoms with E-state index in [9.17, 15) is 9.59 Å². The highest BCUT2D eigenvalue weighted by Crippen LogP contribution is 2.22. The molecule has 3 N–H and O–H groups in total. The molecule has 0 bridgehead atoms. The molecule has 1 aromatic heterocycles. The molecule has 1 aliphatic rings. The zero-order valence-corrected chi connectivity index (χ0v) is 17.4. The van der Waals surface area contributed by atoms with Crippen molar-refractivity contribution in [3.63, 3.8) is 0 Å². The van der Waals surface area contributed by atoms with Crippen LogP contribution in [0.1, 0.15) is 35.2 Å². The standard InChI is InChI=1S/C20H24N4O2.2ClH/c1-14-2-4-17(23-19(25)5-3-15-6-9-22-13-15)12-18(14)24-20(26)16-7-10-21-11-8-16;;/h2,4,7-8,10-12,15,22H,3,5-6,9,13H2,1H3,(H,23,25)(H,24,26);2*1H. The molecule has 1 fully saturated rings. The van der Waals surface area contributed by atoms with Crippen LogP contribution in [-0.2, 0) is 4.79 Å². The van der Waals surface area contributed by atoms with Crippen LogP contribution in [0.3, 0.4) is 0 Å². The lowest BCUT2D eigenvalue weighted by Gasteiger charge is -2.12. The Kier molecular flexibility index (Phi) is 9.93. The van der Waals surface area contributed by atoms with E-state index in [4.69, 9.17) is 0 Å². The highest BCUT2D eigenvalue weighted by molar-refractivity contribution is 6.05. The highest BCUT2D eigenvalue weighted by atomic mass is 35.5. The summed E-state index contributed by atoms with van der Waals surface area (Å²) in [6.45, 7) is 3.97. The van der Waals surface area contributed by atoms with Crippen molar-refractivity contribution in [1.82, 2.24) is 10.3 Å². The number of hydrogen-bond acceptors (Lipinski definition) is 4. The molecule has 0 radical (unpaired) electrons. The number of rotatable bonds is 6. The molecule has 1 atom stereocenters. The van der Waals surface area contributed by atoms with Gasteiger partial charge in [0.25, 0.3) is 5.91 Å². The zero-order valence-electron chi connectivity index (χ0n) is 15.7. The molecule has 0 saturated carbocycles. The number of hydrogen-bond donors (Lipinski definition) is 3. The van der Waals surface area contributed by atoms with E-state index in [0.29, 0.717) is 29.3 Å². The average molecular weight is 425 g/mol. The van der Waals surface area contributed by atoms with E-state index >= 15 is 0 Å². The minimum atomic E-state index is -0.201. The van der Waals surface area contributed by atoms with Crippen LogP contribution in [0.25, 0.3) is 0 Å². The molecule has 8 heteroatoms. The van der Waals surface area contributed by atoms with Crippen molar-refractivity contribution >= 4 is 48.0 Å². The fourth-order valence-corrected chi connectivity index (χ4v) is 3.05. The molecule has 28 heavy (non-hydrogen) atoms. The van der Waals surface area contributed by atoms with Crippen LogP contribution in [0, 0.1) is 12.8 Å². The third-order valence-corrected chi connectivity index (χ3v) is 4.65. The van der Waals surface area contributed by atoms with Crippen LogP contribution in [0.2, 0.25) is 0 Å². The molecule has 3 rings (SSSR count). The molecular formula is C20H26Cl2N4O2. The molecule has 2 heterocycles. The van der Waals surface area contributed by atoms with Gasteiger partial charge in [-0.2, -0.15) is 0 Å². The van der Waals surface area contributed by atoms with Crippen molar-refractivity contribution in [2.75, 3.05) is 23.7 Å². The number of pyridine rings is 1. The summed E-state index contributed by atoms with van der Waals surface area (Å²) in [5, 5.41) is 9.13. The van der Waals surface area contributed by atoms with Crippen molar-refractivity contribution in [3.05, 3.63) is 53.9 Å². The second-order valence-corrected chi connectivity index (χ2v) is 6.67.